The maximum Gasteiger partial charge on any atom is 0.341 e. The average Bonchev–Trinajstić information content (AvgIpc) is 2.91. The van der Waals surface area contributed by atoms with Crippen LogP contribution < -0.4 is 5.56 Å². The van der Waals surface area contributed by atoms with Crippen LogP contribution in [0.3, 0.4) is 0 Å². The zero-order valence-electron chi connectivity index (χ0n) is 11.4. The van der Waals surface area contributed by atoms with Gasteiger partial charge in [-0.1, -0.05) is 0 Å². The Kier molecular flexibility index (Phi) is 3.79. The van der Waals surface area contributed by atoms with E-state index < -0.39 is 35.1 Å². The summed E-state index contributed by atoms with van der Waals surface area (Å²) in [5.41, 5.74) is -1.17. The van der Waals surface area contributed by atoms with Crippen molar-refractivity contribution in [2.24, 2.45) is 0 Å². The van der Waals surface area contributed by atoms with Gasteiger partial charge in [-0.2, -0.15) is 0 Å². The SMILES string of the molecule is COC(=O)c1cc(C(=O)O)c(=O)n2c1CCC2C(=O)OC. The highest BCUT2D eigenvalue weighted by Gasteiger charge is 2.35. The maximum absolute atomic E-state index is 12.2. The Hall–Kier alpha value is -2.64. The van der Waals surface area contributed by atoms with Crippen LogP contribution in [0.4, 0.5) is 0 Å². The van der Waals surface area contributed by atoms with Gasteiger partial charge >= 0.3 is 17.9 Å². The summed E-state index contributed by atoms with van der Waals surface area (Å²) in [5, 5.41) is 9.08. The van der Waals surface area contributed by atoms with Gasteiger partial charge < -0.3 is 14.6 Å². The zero-order valence-corrected chi connectivity index (χ0v) is 11.4. The van der Waals surface area contributed by atoms with Crippen LogP contribution >= 0.6 is 0 Å². The quantitative estimate of drug-likeness (QED) is 0.780. The molecule has 21 heavy (non-hydrogen) atoms. The van der Waals surface area contributed by atoms with Crippen LogP contribution in [0.15, 0.2) is 10.9 Å². The Labute approximate surface area is 118 Å². The lowest BCUT2D eigenvalue weighted by Gasteiger charge is -2.14. The van der Waals surface area contributed by atoms with Crippen LogP contribution in [0.25, 0.3) is 0 Å². The lowest BCUT2D eigenvalue weighted by molar-refractivity contribution is -0.144. The van der Waals surface area contributed by atoms with Crippen molar-refractivity contribution in [1.82, 2.24) is 4.57 Å². The van der Waals surface area contributed by atoms with Crippen LogP contribution in [-0.2, 0) is 20.7 Å². The van der Waals surface area contributed by atoms with Gasteiger partial charge in [-0.05, 0) is 18.9 Å². The topological polar surface area (TPSA) is 112 Å². The molecule has 0 radical (unpaired) electrons. The fraction of sp³-hybridized carbons (Fsp3) is 0.385. The summed E-state index contributed by atoms with van der Waals surface area (Å²) >= 11 is 0. The van der Waals surface area contributed by atoms with Crippen LogP contribution in [0.2, 0.25) is 0 Å². The molecule has 0 aliphatic carbocycles. The molecule has 1 atom stereocenters. The lowest BCUT2D eigenvalue weighted by atomic mass is 10.1. The number of carbonyl (C=O) groups excluding carboxylic acids is 2. The number of carboxylic acid groups (broad SMARTS) is 1. The molecule has 0 spiro atoms. The van der Waals surface area contributed by atoms with Crippen molar-refractivity contribution in [2.45, 2.75) is 18.9 Å². The van der Waals surface area contributed by atoms with Crippen LogP contribution in [0.5, 0.6) is 0 Å². The molecule has 1 unspecified atom stereocenters. The second-order valence-electron chi connectivity index (χ2n) is 4.47. The molecule has 112 valence electrons. The highest BCUT2D eigenvalue weighted by atomic mass is 16.5. The Balaban J connectivity index is 2.75. The summed E-state index contributed by atoms with van der Waals surface area (Å²) in [4.78, 5) is 46.8. The first kappa shape index (κ1) is 14.8. The van der Waals surface area contributed by atoms with Gasteiger partial charge in [-0.15, -0.1) is 0 Å². The number of aromatic carboxylic acids is 1. The maximum atomic E-state index is 12.2. The third-order valence-electron chi connectivity index (χ3n) is 3.41. The molecule has 0 saturated heterocycles. The van der Waals surface area contributed by atoms with Gasteiger partial charge in [0.1, 0.15) is 11.6 Å². The summed E-state index contributed by atoms with van der Waals surface area (Å²) < 4.78 is 10.2. The van der Waals surface area contributed by atoms with E-state index in [0.29, 0.717) is 0 Å². The Bertz CT molecular complexity index is 688. The highest BCUT2D eigenvalue weighted by Crippen LogP contribution is 2.28. The van der Waals surface area contributed by atoms with Crippen molar-refractivity contribution in [3.8, 4) is 0 Å². The number of pyridine rings is 1. The second kappa shape index (κ2) is 5.39. The molecular formula is C13H13NO7. The molecule has 1 aromatic heterocycles. The fourth-order valence-corrected chi connectivity index (χ4v) is 2.46. The van der Waals surface area contributed by atoms with E-state index in [1.807, 2.05) is 0 Å². The first-order valence-corrected chi connectivity index (χ1v) is 6.10. The van der Waals surface area contributed by atoms with E-state index in [1.54, 1.807) is 0 Å². The summed E-state index contributed by atoms with van der Waals surface area (Å²) in [7, 11) is 2.32. The standard InChI is InChI=1S/C13H13NO7/c1-20-12(18)6-5-7(11(16)17)10(15)14-8(6)3-4-9(14)13(19)21-2/h5,9H,3-4H2,1-2H3,(H,16,17). The van der Waals surface area contributed by atoms with Gasteiger partial charge in [0, 0.05) is 5.69 Å². The third-order valence-corrected chi connectivity index (χ3v) is 3.41. The molecule has 1 aliphatic heterocycles. The molecule has 2 rings (SSSR count). The molecular weight excluding hydrogens is 282 g/mol. The predicted octanol–water partition coefficient (Wildman–Crippen LogP) is -0.00660. The molecule has 0 aromatic carbocycles. The summed E-state index contributed by atoms with van der Waals surface area (Å²) in [6.07, 6.45) is 0.536. The van der Waals surface area contributed by atoms with Crippen molar-refractivity contribution in [3.05, 3.63) is 33.2 Å². The van der Waals surface area contributed by atoms with Gasteiger partial charge in [-0.25, -0.2) is 14.4 Å². The lowest BCUT2D eigenvalue weighted by Crippen LogP contribution is -2.33. The van der Waals surface area contributed by atoms with E-state index in [2.05, 4.69) is 9.47 Å². The molecule has 0 amide bonds. The number of ether oxygens (including phenoxy) is 2. The molecule has 0 saturated carbocycles. The van der Waals surface area contributed by atoms with Gasteiger partial charge in [0.05, 0.1) is 19.8 Å². The number of hydrogen-bond acceptors (Lipinski definition) is 6. The summed E-state index contributed by atoms with van der Waals surface area (Å²) in [6.45, 7) is 0. The molecule has 1 aliphatic rings. The molecule has 2 heterocycles. The number of rotatable bonds is 3. The highest BCUT2D eigenvalue weighted by molar-refractivity contribution is 5.95. The van der Waals surface area contributed by atoms with Crippen molar-refractivity contribution in [1.29, 1.82) is 0 Å². The number of esters is 2. The van der Waals surface area contributed by atoms with Crippen molar-refractivity contribution >= 4 is 17.9 Å². The number of carbonyl (C=O) groups is 3. The average molecular weight is 295 g/mol. The molecule has 0 fully saturated rings. The molecule has 8 nitrogen and oxygen atoms in total. The Morgan fingerprint density at radius 1 is 1.24 bits per heavy atom. The van der Waals surface area contributed by atoms with E-state index in [1.165, 1.54) is 7.11 Å². The molecule has 1 N–H and O–H groups in total. The molecule has 1 aromatic rings. The molecule has 0 bridgehead atoms. The van der Waals surface area contributed by atoms with E-state index in [9.17, 15) is 19.2 Å². The smallest absolute Gasteiger partial charge is 0.341 e. The van der Waals surface area contributed by atoms with Gasteiger partial charge in [0.25, 0.3) is 5.56 Å². The minimum Gasteiger partial charge on any atom is -0.477 e. The fourth-order valence-electron chi connectivity index (χ4n) is 2.46. The van der Waals surface area contributed by atoms with Crippen LogP contribution in [-0.4, -0.2) is 41.8 Å². The van der Waals surface area contributed by atoms with Gasteiger partial charge in [0.15, 0.2) is 0 Å². The number of nitrogens with zero attached hydrogens (tertiary/aromatic N) is 1. The zero-order chi connectivity index (χ0) is 15.7. The number of methoxy groups -OCH3 is 2. The van der Waals surface area contributed by atoms with Crippen molar-refractivity contribution in [2.75, 3.05) is 14.2 Å². The number of hydrogen-bond donors (Lipinski definition) is 1. The van der Waals surface area contributed by atoms with E-state index in [4.69, 9.17) is 5.11 Å². The van der Waals surface area contributed by atoms with Crippen molar-refractivity contribution < 1.29 is 29.0 Å². The Morgan fingerprint density at radius 3 is 2.43 bits per heavy atom. The largest absolute Gasteiger partial charge is 0.477 e. The second-order valence-corrected chi connectivity index (χ2v) is 4.47. The minimum absolute atomic E-state index is 0.0269. The van der Waals surface area contributed by atoms with Crippen molar-refractivity contribution in [3.63, 3.8) is 0 Å². The number of aromatic nitrogens is 1. The third kappa shape index (κ3) is 2.28. The first-order chi connectivity index (χ1) is 9.92. The number of carboxylic acids is 1. The minimum atomic E-state index is -1.48. The van der Waals surface area contributed by atoms with Gasteiger partial charge in [0.2, 0.25) is 0 Å². The van der Waals surface area contributed by atoms with E-state index in [0.717, 1.165) is 17.7 Å². The van der Waals surface area contributed by atoms with E-state index >= 15 is 0 Å². The molecule has 8 heteroatoms. The van der Waals surface area contributed by atoms with E-state index in [-0.39, 0.29) is 24.1 Å². The Morgan fingerprint density at radius 2 is 1.90 bits per heavy atom. The van der Waals surface area contributed by atoms with Crippen LogP contribution in [0, 0.1) is 0 Å². The normalized spacial score (nSPS) is 16.2. The van der Waals surface area contributed by atoms with Crippen LogP contribution in [0.1, 0.15) is 38.9 Å². The number of fused-ring (bicyclic) bond motifs is 1. The van der Waals surface area contributed by atoms with Gasteiger partial charge in [-0.3, -0.25) is 9.36 Å². The summed E-state index contributed by atoms with van der Waals surface area (Å²) in [5.74, 6) is -2.89. The first-order valence-electron chi connectivity index (χ1n) is 6.10. The monoisotopic (exact) mass is 295 g/mol. The predicted molar refractivity (Wildman–Crippen MR) is 68.4 cm³/mol. The summed E-state index contributed by atoms with van der Waals surface area (Å²) in [6, 6.07) is 0.0577.